The van der Waals surface area contributed by atoms with E-state index in [1.165, 1.54) is 0 Å². The first-order valence-corrected chi connectivity index (χ1v) is 7.70. The number of benzene rings is 1. The molecule has 7 heteroatoms. The van der Waals surface area contributed by atoms with Crippen molar-refractivity contribution in [2.45, 2.75) is 13.1 Å². The number of hydrogen-bond acceptors (Lipinski definition) is 5. The van der Waals surface area contributed by atoms with Crippen LogP contribution in [0.5, 0.6) is 0 Å². The average molecular weight is 320 g/mol. The molecule has 2 aromatic heterocycles. The predicted molar refractivity (Wildman–Crippen MR) is 89.3 cm³/mol. The monoisotopic (exact) mass is 320 g/mol. The van der Waals surface area contributed by atoms with Crippen LogP contribution >= 0.6 is 0 Å². The molecule has 3 heterocycles. The highest BCUT2D eigenvalue weighted by molar-refractivity contribution is 5.93. The number of primary amides is 1. The molecule has 1 aliphatic rings. The van der Waals surface area contributed by atoms with E-state index in [1.54, 1.807) is 18.5 Å². The summed E-state index contributed by atoms with van der Waals surface area (Å²) in [6, 6.07) is 11.6. The van der Waals surface area contributed by atoms with Crippen LogP contribution in [0.25, 0.3) is 11.4 Å². The fourth-order valence-electron chi connectivity index (χ4n) is 3.00. The molecule has 0 spiro atoms. The number of anilines is 1. The molecule has 0 radical (unpaired) electrons. The van der Waals surface area contributed by atoms with Crippen LogP contribution < -0.4 is 10.6 Å². The van der Waals surface area contributed by atoms with Crippen LogP contribution in [-0.2, 0) is 13.1 Å². The summed E-state index contributed by atoms with van der Waals surface area (Å²) in [6.45, 7) is 1.94. The van der Waals surface area contributed by atoms with E-state index in [0.29, 0.717) is 24.7 Å². The maximum absolute atomic E-state index is 11.9. The lowest BCUT2D eigenvalue weighted by Crippen LogP contribution is -2.35. The van der Waals surface area contributed by atoms with Gasteiger partial charge in [0.2, 0.25) is 5.95 Å². The van der Waals surface area contributed by atoms with Gasteiger partial charge in [0.25, 0.3) is 5.91 Å². The van der Waals surface area contributed by atoms with Crippen molar-refractivity contribution >= 4 is 11.9 Å². The van der Waals surface area contributed by atoms with Gasteiger partial charge in [-0.2, -0.15) is 0 Å². The minimum Gasteiger partial charge on any atom is -0.364 e. The van der Waals surface area contributed by atoms with Crippen molar-refractivity contribution in [3.63, 3.8) is 0 Å². The summed E-state index contributed by atoms with van der Waals surface area (Å²) in [5.74, 6) is 0.895. The zero-order valence-corrected chi connectivity index (χ0v) is 13.0. The average Bonchev–Trinajstić information content (AvgIpc) is 3.02. The van der Waals surface area contributed by atoms with Crippen LogP contribution in [0.4, 0.5) is 5.95 Å². The molecular weight excluding hydrogens is 304 g/mol. The molecule has 120 valence electrons. The van der Waals surface area contributed by atoms with Gasteiger partial charge in [-0.3, -0.25) is 4.79 Å². The zero-order valence-electron chi connectivity index (χ0n) is 13.0. The molecule has 1 amide bonds. The van der Waals surface area contributed by atoms with Crippen molar-refractivity contribution in [1.82, 2.24) is 19.5 Å². The number of imidazole rings is 1. The van der Waals surface area contributed by atoms with Crippen molar-refractivity contribution in [2.75, 3.05) is 11.4 Å². The van der Waals surface area contributed by atoms with Crippen molar-refractivity contribution in [3.8, 4) is 11.4 Å². The summed E-state index contributed by atoms with van der Waals surface area (Å²) in [4.78, 5) is 27.0. The van der Waals surface area contributed by atoms with E-state index in [0.717, 1.165) is 23.6 Å². The van der Waals surface area contributed by atoms with Crippen LogP contribution in [0.3, 0.4) is 0 Å². The van der Waals surface area contributed by atoms with Crippen molar-refractivity contribution < 1.29 is 4.79 Å². The van der Waals surface area contributed by atoms with Crippen LogP contribution in [-0.4, -0.2) is 32.0 Å². The zero-order chi connectivity index (χ0) is 16.5. The number of amides is 1. The molecule has 24 heavy (non-hydrogen) atoms. The summed E-state index contributed by atoms with van der Waals surface area (Å²) in [5, 5.41) is 0. The highest BCUT2D eigenvalue weighted by Crippen LogP contribution is 2.27. The summed E-state index contributed by atoms with van der Waals surface area (Å²) in [5.41, 5.74) is 7.64. The third kappa shape index (κ3) is 2.40. The molecule has 4 rings (SSSR count). The normalized spacial score (nSPS) is 13.6. The molecule has 3 aromatic rings. The van der Waals surface area contributed by atoms with Crippen LogP contribution in [0.2, 0.25) is 0 Å². The molecule has 0 saturated carbocycles. The smallest absolute Gasteiger partial charge is 0.269 e. The molecular formula is C17H16N6O. The summed E-state index contributed by atoms with van der Waals surface area (Å²) in [7, 11) is 0. The maximum Gasteiger partial charge on any atom is 0.269 e. The van der Waals surface area contributed by atoms with Gasteiger partial charge in [-0.25, -0.2) is 15.0 Å². The Balaban J connectivity index is 1.78. The summed E-state index contributed by atoms with van der Waals surface area (Å²) < 4.78 is 2.06. The van der Waals surface area contributed by atoms with Gasteiger partial charge in [0.1, 0.15) is 5.82 Å². The van der Waals surface area contributed by atoms with Crippen LogP contribution in [0.1, 0.15) is 16.2 Å². The Labute approximate surface area is 138 Å². The first-order chi connectivity index (χ1) is 11.7. The maximum atomic E-state index is 11.9. The Hall–Kier alpha value is -3.22. The number of fused-ring (bicyclic) bond motifs is 1. The van der Waals surface area contributed by atoms with E-state index in [-0.39, 0.29) is 0 Å². The summed E-state index contributed by atoms with van der Waals surface area (Å²) >= 11 is 0. The lowest BCUT2D eigenvalue weighted by molar-refractivity contribution is 0.0994. The van der Waals surface area contributed by atoms with Crippen LogP contribution in [0, 0.1) is 0 Å². The summed E-state index contributed by atoms with van der Waals surface area (Å²) in [6.07, 6.45) is 3.41. The Bertz CT molecular complexity index is 875. The van der Waals surface area contributed by atoms with E-state index in [4.69, 9.17) is 5.73 Å². The molecule has 0 saturated heterocycles. The highest BCUT2D eigenvalue weighted by atomic mass is 16.1. The topological polar surface area (TPSA) is 89.9 Å². The van der Waals surface area contributed by atoms with Gasteiger partial charge in [0.15, 0.2) is 5.69 Å². The van der Waals surface area contributed by atoms with E-state index >= 15 is 0 Å². The standard InChI is InChI=1S/C17H16N6O/c18-15(24)14-13-11-22(17-19-7-4-8-20-17)9-10-23(13)16(21-14)12-5-2-1-3-6-12/h1-8H,9-11H2,(H2,18,24). The molecule has 2 N–H and O–H groups in total. The first kappa shape index (κ1) is 14.4. The molecule has 0 bridgehead atoms. The molecule has 7 nitrogen and oxygen atoms in total. The van der Waals surface area contributed by atoms with Gasteiger partial charge in [0, 0.05) is 31.0 Å². The van der Waals surface area contributed by atoms with E-state index < -0.39 is 5.91 Å². The fraction of sp³-hybridized carbons (Fsp3) is 0.176. The minimum absolute atomic E-state index is 0.314. The van der Waals surface area contributed by atoms with Crippen molar-refractivity contribution in [3.05, 3.63) is 60.2 Å². The van der Waals surface area contributed by atoms with Gasteiger partial charge in [-0.05, 0) is 6.07 Å². The Morgan fingerprint density at radius 1 is 1.04 bits per heavy atom. The molecule has 0 unspecified atom stereocenters. The SMILES string of the molecule is NC(=O)c1nc(-c2ccccc2)n2c1CN(c1ncccn1)CC2. The van der Waals surface area contributed by atoms with Crippen LogP contribution in [0.15, 0.2) is 48.8 Å². The number of carbonyl (C=O) groups excluding carboxylic acids is 1. The van der Waals surface area contributed by atoms with Crippen molar-refractivity contribution in [2.24, 2.45) is 5.73 Å². The lowest BCUT2D eigenvalue weighted by Gasteiger charge is -2.29. The Morgan fingerprint density at radius 3 is 2.50 bits per heavy atom. The molecule has 0 fully saturated rings. The van der Waals surface area contributed by atoms with Gasteiger partial charge in [0.05, 0.1) is 12.2 Å². The third-order valence-corrected chi connectivity index (χ3v) is 4.11. The van der Waals surface area contributed by atoms with Gasteiger partial charge < -0.3 is 15.2 Å². The van der Waals surface area contributed by atoms with E-state index in [2.05, 4.69) is 19.5 Å². The molecule has 1 aliphatic heterocycles. The Kier molecular flexibility index (Phi) is 3.45. The molecule has 0 aliphatic carbocycles. The van der Waals surface area contributed by atoms with E-state index in [1.807, 2.05) is 35.2 Å². The van der Waals surface area contributed by atoms with Gasteiger partial charge >= 0.3 is 0 Å². The first-order valence-electron chi connectivity index (χ1n) is 7.70. The number of rotatable bonds is 3. The second-order valence-electron chi connectivity index (χ2n) is 5.58. The number of nitrogens with zero attached hydrogens (tertiary/aromatic N) is 5. The minimum atomic E-state index is -0.517. The quantitative estimate of drug-likeness (QED) is 0.789. The lowest BCUT2D eigenvalue weighted by atomic mass is 10.2. The highest BCUT2D eigenvalue weighted by Gasteiger charge is 2.27. The van der Waals surface area contributed by atoms with Crippen molar-refractivity contribution in [1.29, 1.82) is 0 Å². The van der Waals surface area contributed by atoms with Gasteiger partial charge in [-0.15, -0.1) is 0 Å². The third-order valence-electron chi connectivity index (χ3n) is 4.11. The second kappa shape index (κ2) is 5.77. The largest absolute Gasteiger partial charge is 0.364 e. The van der Waals surface area contributed by atoms with E-state index in [9.17, 15) is 4.79 Å². The number of hydrogen-bond donors (Lipinski definition) is 1. The Morgan fingerprint density at radius 2 is 1.79 bits per heavy atom. The number of carbonyl (C=O) groups is 1. The molecule has 0 atom stereocenters. The fourth-order valence-corrected chi connectivity index (χ4v) is 3.00. The number of aromatic nitrogens is 4. The number of nitrogens with two attached hydrogens (primary N) is 1. The predicted octanol–water partition coefficient (Wildman–Crippen LogP) is 1.46. The molecule has 1 aromatic carbocycles. The van der Waals surface area contributed by atoms with Gasteiger partial charge in [-0.1, -0.05) is 30.3 Å². The second-order valence-corrected chi connectivity index (χ2v) is 5.58.